The lowest BCUT2D eigenvalue weighted by atomic mass is 9.94. The van der Waals surface area contributed by atoms with Crippen LogP contribution in [0.2, 0.25) is 0 Å². The predicted molar refractivity (Wildman–Crippen MR) is 120 cm³/mol. The Labute approximate surface area is 184 Å². The highest BCUT2D eigenvalue weighted by Gasteiger charge is 2.31. The molecule has 3 unspecified atom stereocenters. The van der Waals surface area contributed by atoms with Gasteiger partial charge < -0.3 is 14.8 Å². The molecular formula is C23H30N2O5S. The summed E-state index contributed by atoms with van der Waals surface area (Å²) in [5, 5.41) is 2.76. The van der Waals surface area contributed by atoms with Gasteiger partial charge in [0.1, 0.15) is 11.5 Å². The van der Waals surface area contributed by atoms with Gasteiger partial charge in [-0.2, -0.15) is 4.31 Å². The second kappa shape index (κ2) is 9.70. The normalized spacial score (nSPS) is 20.6. The number of sulfonamides is 1. The lowest BCUT2D eigenvalue weighted by Gasteiger charge is -2.34. The van der Waals surface area contributed by atoms with Crippen LogP contribution in [0.1, 0.15) is 27.2 Å². The smallest absolute Gasteiger partial charge is 0.265 e. The number of piperidine rings is 1. The third kappa shape index (κ3) is 5.77. The highest BCUT2D eigenvalue weighted by Crippen LogP contribution is 2.27. The summed E-state index contributed by atoms with van der Waals surface area (Å²) in [4.78, 5) is 12.7. The lowest BCUT2D eigenvalue weighted by Crippen LogP contribution is -2.42. The summed E-state index contributed by atoms with van der Waals surface area (Å²) in [5.41, 5.74) is 0.509. The van der Waals surface area contributed by atoms with E-state index in [0.717, 1.165) is 6.42 Å². The van der Waals surface area contributed by atoms with Gasteiger partial charge in [0.2, 0.25) is 10.0 Å². The number of nitrogens with zero attached hydrogens (tertiary/aromatic N) is 1. The summed E-state index contributed by atoms with van der Waals surface area (Å²) in [7, 11) is -1.97. The van der Waals surface area contributed by atoms with Gasteiger partial charge in [0, 0.05) is 18.8 Å². The Morgan fingerprint density at radius 3 is 2.10 bits per heavy atom. The van der Waals surface area contributed by atoms with Crippen LogP contribution in [0, 0.1) is 11.8 Å². The van der Waals surface area contributed by atoms with Crippen molar-refractivity contribution in [2.24, 2.45) is 11.8 Å². The van der Waals surface area contributed by atoms with Crippen LogP contribution in [-0.4, -0.2) is 44.9 Å². The van der Waals surface area contributed by atoms with Crippen LogP contribution in [0.4, 0.5) is 5.69 Å². The van der Waals surface area contributed by atoms with E-state index in [0.29, 0.717) is 42.1 Å². The topological polar surface area (TPSA) is 84.9 Å². The van der Waals surface area contributed by atoms with Gasteiger partial charge in [-0.3, -0.25) is 4.79 Å². The second-order valence-electron chi connectivity index (χ2n) is 8.22. The van der Waals surface area contributed by atoms with Crippen LogP contribution in [0.5, 0.6) is 11.5 Å². The summed E-state index contributed by atoms with van der Waals surface area (Å²) in [5.74, 6) is 1.60. The first kappa shape index (κ1) is 23.1. The summed E-state index contributed by atoms with van der Waals surface area (Å²) >= 11 is 0. The van der Waals surface area contributed by atoms with Crippen LogP contribution < -0.4 is 14.8 Å². The maximum atomic E-state index is 13.0. The number of rotatable bonds is 7. The molecule has 0 bridgehead atoms. The number of hydrogen-bond donors (Lipinski definition) is 1. The Bertz CT molecular complexity index is 980. The van der Waals surface area contributed by atoms with Crippen molar-refractivity contribution < 1.29 is 22.7 Å². The molecule has 1 N–H and O–H groups in total. The standard InChI is InChI=1S/C23H30N2O5S/c1-16-13-17(2)15-25(14-16)31(27,28)22-11-5-19(6-12-22)24-23(26)18(3)30-21-9-7-20(29-4)8-10-21/h5-12,16-18H,13-15H2,1-4H3,(H,24,26). The quantitative estimate of drug-likeness (QED) is 0.700. The summed E-state index contributed by atoms with van der Waals surface area (Å²) in [6.45, 7) is 6.87. The highest BCUT2D eigenvalue weighted by molar-refractivity contribution is 7.89. The number of carbonyl (C=O) groups excluding carboxylic acids is 1. The Kier molecular flexibility index (Phi) is 7.23. The molecular weight excluding hydrogens is 416 g/mol. The fourth-order valence-electron chi connectivity index (χ4n) is 3.82. The van der Waals surface area contributed by atoms with Crippen LogP contribution in [0.3, 0.4) is 0 Å². The summed E-state index contributed by atoms with van der Waals surface area (Å²) in [6.07, 6.45) is 0.307. The minimum atomic E-state index is -3.55. The Morgan fingerprint density at radius 1 is 1.00 bits per heavy atom. The maximum Gasteiger partial charge on any atom is 0.265 e. The van der Waals surface area contributed by atoms with Gasteiger partial charge in [-0.1, -0.05) is 13.8 Å². The third-order valence-corrected chi connectivity index (χ3v) is 7.18. The SMILES string of the molecule is COc1ccc(OC(C)C(=O)Nc2ccc(S(=O)(=O)N3CC(C)CC(C)C3)cc2)cc1. The van der Waals surface area contributed by atoms with Gasteiger partial charge in [-0.05, 0) is 73.7 Å². The molecule has 3 atom stereocenters. The molecule has 1 aliphatic rings. The molecule has 0 aliphatic carbocycles. The first-order valence-corrected chi connectivity index (χ1v) is 11.8. The van der Waals surface area contributed by atoms with Crippen LogP contribution >= 0.6 is 0 Å². The number of amides is 1. The van der Waals surface area contributed by atoms with Gasteiger partial charge in [0.05, 0.1) is 12.0 Å². The fraction of sp³-hybridized carbons (Fsp3) is 0.435. The van der Waals surface area contributed by atoms with Gasteiger partial charge in [0.25, 0.3) is 5.91 Å². The van der Waals surface area contributed by atoms with E-state index in [4.69, 9.17) is 9.47 Å². The summed E-state index contributed by atoms with van der Waals surface area (Å²) in [6, 6.07) is 13.2. The molecule has 0 spiro atoms. The number of benzene rings is 2. The minimum Gasteiger partial charge on any atom is -0.497 e. The van der Waals surface area contributed by atoms with E-state index >= 15 is 0 Å². The summed E-state index contributed by atoms with van der Waals surface area (Å²) < 4.78 is 38.3. The Morgan fingerprint density at radius 2 is 1.55 bits per heavy atom. The van der Waals surface area contributed by atoms with Crippen LogP contribution in [0.25, 0.3) is 0 Å². The average molecular weight is 447 g/mol. The van der Waals surface area contributed by atoms with E-state index in [1.54, 1.807) is 54.7 Å². The molecule has 1 fully saturated rings. The largest absolute Gasteiger partial charge is 0.497 e. The number of anilines is 1. The zero-order valence-corrected chi connectivity index (χ0v) is 19.2. The lowest BCUT2D eigenvalue weighted by molar-refractivity contribution is -0.122. The van der Waals surface area contributed by atoms with Crippen molar-refractivity contribution in [3.05, 3.63) is 48.5 Å². The van der Waals surface area contributed by atoms with Crippen LogP contribution in [0.15, 0.2) is 53.4 Å². The van der Waals surface area contributed by atoms with Crippen LogP contribution in [-0.2, 0) is 14.8 Å². The Balaban J connectivity index is 1.62. The molecule has 31 heavy (non-hydrogen) atoms. The van der Waals surface area contributed by atoms with Crippen molar-refractivity contribution in [2.75, 3.05) is 25.5 Å². The monoisotopic (exact) mass is 446 g/mol. The van der Waals surface area contributed by atoms with Gasteiger partial charge in [-0.25, -0.2) is 8.42 Å². The molecule has 3 rings (SSSR count). The highest BCUT2D eigenvalue weighted by atomic mass is 32.2. The molecule has 0 radical (unpaired) electrons. The average Bonchev–Trinajstić information content (AvgIpc) is 2.74. The third-order valence-electron chi connectivity index (χ3n) is 5.34. The van der Waals surface area contributed by atoms with Crippen molar-refractivity contribution >= 4 is 21.6 Å². The van der Waals surface area contributed by atoms with Gasteiger partial charge in [0.15, 0.2) is 6.10 Å². The van der Waals surface area contributed by atoms with E-state index in [9.17, 15) is 13.2 Å². The second-order valence-corrected chi connectivity index (χ2v) is 10.2. The minimum absolute atomic E-state index is 0.231. The number of nitrogens with one attached hydrogen (secondary N) is 1. The number of hydrogen-bond acceptors (Lipinski definition) is 5. The van der Waals surface area contributed by atoms with Gasteiger partial charge in [-0.15, -0.1) is 0 Å². The molecule has 1 saturated heterocycles. The molecule has 0 saturated carbocycles. The van der Waals surface area contributed by atoms with E-state index in [1.807, 2.05) is 0 Å². The number of methoxy groups -OCH3 is 1. The van der Waals surface area contributed by atoms with Crippen molar-refractivity contribution in [3.63, 3.8) is 0 Å². The van der Waals surface area contributed by atoms with Crippen molar-refractivity contribution in [1.82, 2.24) is 4.31 Å². The zero-order valence-electron chi connectivity index (χ0n) is 18.4. The molecule has 8 heteroatoms. The first-order chi connectivity index (χ1) is 14.7. The van der Waals surface area contributed by atoms with E-state index in [1.165, 1.54) is 12.1 Å². The number of ether oxygens (including phenoxy) is 2. The Hall–Kier alpha value is -2.58. The molecule has 2 aromatic rings. The van der Waals surface area contributed by atoms with Crippen molar-refractivity contribution in [3.8, 4) is 11.5 Å². The van der Waals surface area contributed by atoms with E-state index in [2.05, 4.69) is 19.2 Å². The van der Waals surface area contributed by atoms with Crippen molar-refractivity contribution in [1.29, 1.82) is 0 Å². The first-order valence-electron chi connectivity index (χ1n) is 10.4. The van der Waals surface area contributed by atoms with Crippen molar-refractivity contribution in [2.45, 2.75) is 38.2 Å². The molecule has 1 amide bonds. The molecule has 1 heterocycles. The van der Waals surface area contributed by atoms with E-state index in [-0.39, 0.29) is 10.8 Å². The molecule has 0 aromatic heterocycles. The molecule has 2 aromatic carbocycles. The maximum absolute atomic E-state index is 13.0. The molecule has 7 nitrogen and oxygen atoms in total. The van der Waals surface area contributed by atoms with E-state index < -0.39 is 16.1 Å². The molecule has 168 valence electrons. The number of carbonyl (C=O) groups is 1. The molecule has 1 aliphatic heterocycles. The fourth-order valence-corrected chi connectivity index (χ4v) is 5.50. The predicted octanol–water partition coefficient (Wildman–Crippen LogP) is 3.77. The zero-order chi connectivity index (χ0) is 22.6. The van der Waals surface area contributed by atoms with Gasteiger partial charge >= 0.3 is 0 Å².